The number of nitrogens with one attached hydrogen (secondary N) is 1. The van der Waals surface area contributed by atoms with E-state index in [-0.39, 0.29) is 5.91 Å². The van der Waals surface area contributed by atoms with E-state index in [1.807, 2.05) is 23.6 Å². The second-order valence-corrected chi connectivity index (χ2v) is 6.86. The number of benzene rings is 2. The van der Waals surface area contributed by atoms with Gasteiger partial charge in [-0.15, -0.1) is 11.3 Å². The van der Waals surface area contributed by atoms with Gasteiger partial charge in [0.25, 0.3) is 5.91 Å². The minimum absolute atomic E-state index is 0.318. The predicted molar refractivity (Wildman–Crippen MR) is 105 cm³/mol. The van der Waals surface area contributed by atoms with E-state index in [0.717, 1.165) is 5.56 Å². The zero-order valence-electron chi connectivity index (χ0n) is 13.9. The Kier molecular flexibility index (Phi) is 5.66. The summed E-state index contributed by atoms with van der Waals surface area (Å²) in [6.45, 7) is 0. The molecule has 26 heavy (non-hydrogen) atoms. The smallest absolute Gasteiger partial charge is 0.257 e. The molecule has 1 amide bonds. The molecule has 3 aromatic rings. The minimum Gasteiger partial charge on any atom is -0.497 e. The van der Waals surface area contributed by atoms with Crippen LogP contribution in [0, 0.1) is 0 Å². The van der Waals surface area contributed by atoms with Gasteiger partial charge in [0.05, 0.1) is 30.0 Å². The van der Waals surface area contributed by atoms with Crippen molar-refractivity contribution >= 4 is 45.6 Å². The summed E-state index contributed by atoms with van der Waals surface area (Å²) in [4.78, 5) is 16.8. The topological polar surface area (TPSA) is 60.5 Å². The molecule has 2 aromatic carbocycles. The lowest BCUT2D eigenvalue weighted by Crippen LogP contribution is -2.11. The Labute approximate surface area is 164 Å². The third-order valence-corrected chi connectivity index (χ3v) is 5.09. The molecule has 0 saturated carbocycles. The van der Waals surface area contributed by atoms with Crippen LogP contribution < -0.4 is 14.8 Å². The van der Waals surface area contributed by atoms with Crippen molar-refractivity contribution in [2.75, 3.05) is 19.5 Å². The Morgan fingerprint density at radius 3 is 2.58 bits per heavy atom. The predicted octanol–water partition coefficient (Wildman–Crippen LogP) is 5.39. The molecule has 0 aliphatic heterocycles. The van der Waals surface area contributed by atoms with E-state index in [1.165, 1.54) is 17.4 Å². The fraction of sp³-hybridized carbons (Fsp3) is 0.111. The zero-order valence-corrected chi connectivity index (χ0v) is 16.2. The Hall–Kier alpha value is -2.28. The van der Waals surface area contributed by atoms with Gasteiger partial charge >= 0.3 is 0 Å². The van der Waals surface area contributed by atoms with E-state index in [0.29, 0.717) is 37.9 Å². The molecule has 0 fully saturated rings. The number of thiazole rings is 1. The number of methoxy groups -OCH3 is 2. The normalized spacial score (nSPS) is 10.5. The maximum absolute atomic E-state index is 12.4. The summed E-state index contributed by atoms with van der Waals surface area (Å²) in [6.07, 6.45) is 0. The number of rotatable bonds is 5. The number of aromatic nitrogens is 1. The van der Waals surface area contributed by atoms with Crippen LogP contribution in [0.15, 0.2) is 41.8 Å². The van der Waals surface area contributed by atoms with E-state index < -0.39 is 0 Å². The molecule has 0 aliphatic rings. The monoisotopic (exact) mass is 408 g/mol. The molecule has 0 bridgehead atoms. The first-order valence-electron chi connectivity index (χ1n) is 7.46. The third-order valence-electron chi connectivity index (χ3n) is 3.59. The van der Waals surface area contributed by atoms with E-state index in [1.54, 1.807) is 26.4 Å². The van der Waals surface area contributed by atoms with Crippen molar-refractivity contribution in [3.8, 4) is 22.8 Å². The quantitative estimate of drug-likeness (QED) is 0.614. The highest BCUT2D eigenvalue weighted by atomic mass is 35.5. The van der Waals surface area contributed by atoms with Crippen molar-refractivity contribution in [2.24, 2.45) is 0 Å². The average molecular weight is 409 g/mol. The fourth-order valence-corrected chi connectivity index (χ4v) is 3.28. The molecule has 0 saturated heterocycles. The van der Waals surface area contributed by atoms with Crippen LogP contribution in [-0.4, -0.2) is 25.1 Å². The first-order chi connectivity index (χ1) is 12.5. The summed E-state index contributed by atoms with van der Waals surface area (Å²) < 4.78 is 10.6. The van der Waals surface area contributed by atoms with Gasteiger partial charge in [0.15, 0.2) is 5.13 Å². The number of amides is 1. The molecule has 0 atom stereocenters. The summed E-state index contributed by atoms with van der Waals surface area (Å²) in [7, 11) is 3.18. The molecule has 8 heteroatoms. The summed E-state index contributed by atoms with van der Waals surface area (Å²) in [5.41, 5.74) is 1.85. The zero-order chi connectivity index (χ0) is 18.7. The van der Waals surface area contributed by atoms with Gasteiger partial charge in [-0.2, -0.15) is 0 Å². The van der Waals surface area contributed by atoms with Crippen molar-refractivity contribution in [3.63, 3.8) is 0 Å². The molecule has 5 nitrogen and oxygen atoms in total. The Bertz CT molecular complexity index is 959. The SMILES string of the molecule is COc1ccc(OC)c(-c2csc(NC(=O)c3ccc(Cl)c(Cl)c3)n2)c1. The number of carbonyl (C=O) groups is 1. The van der Waals surface area contributed by atoms with E-state index in [2.05, 4.69) is 10.3 Å². The summed E-state index contributed by atoms with van der Waals surface area (Å²) in [5.74, 6) is 1.04. The summed E-state index contributed by atoms with van der Waals surface area (Å²) >= 11 is 13.1. The van der Waals surface area contributed by atoms with Gasteiger partial charge in [-0.05, 0) is 36.4 Å². The number of hydrogen-bond acceptors (Lipinski definition) is 5. The van der Waals surface area contributed by atoms with Crippen LogP contribution >= 0.6 is 34.5 Å². The standard InChI is InChI=1S/C18H14Cl2N2O3S/c1-24-11-4-6-16(25-2)12(8-11)15-9-26-18(21-15)22-17(23)10-3-5-13(19)14(20)7-10/h3-9H,1-2H3,(H,21,22,23). The number of anilines is 1. The van der Waals surface area contributed by atoms with Crippen molar-refractivity contribution in [2.45, 2.75) is 0 Å². The molecule has 0 radical (unpaired) electrons. The lowest BCUT2D eigenvalue weighted by atomic mass is 10.1. The van der Waals surface area contributed by atoms with Crippen LogP contribution in [-0.2, 0) is 0 Å². The van der Waals surface area contributed by atoms with Crippen molar-refractivity contribution in [1.82, 2.24) is 4.98 Å². The van der Waals surface area contributed by atoms with Crippen LogP contribution in [0.25, 0.3) is 11.3 Å². The molecule has 0 spiro atoms. The molecule has 3 rings (SSSR count). The maximum Gasteiger partial charge on any atom is 0.257 e. The number of ether oxygens (including phenoxy) is 2. The fourth-order valence-electron chi connectivity index (χ4n) is 2.28. The van der Waals surface area contributed by atoms with Gasteiger partial charge in [0.1, 0.15) is 11.5 Å². The van der Waals surface area contributed by atoms with Gasteiger partial charge in [0, 0.05) is 16.5 Å². The Morgan fingerprint density at radius 2 is 1.88 bits per heavy atom. The number of halogens is 2. The first-order valence-corrected chi connectivity index (χ1v) is 9.09. The van der Waals surface area contributed by atoms with Crippen LogP contribution in [0.4, 0.5) is 5.13 Å². The molecular formula is C18H14Cl2N2O3S. The molecule has 134 valence electrons. The van der Waals surface area contributed by atoms with Crippen LogP contribution in [0.2, 0.25) is 10.0 Å². The largest absolute Gasteiger partial charge is 0.497 e. The van der Waals surface area contributed by atoms with Crippen LogP contribution in [0.1, 0.15) is 10.4 Å². The number of hydrogen-bond donors (Lipinski definition) is 1. The highest BCUT2D eigenvalue weighted by Gasteiger charge is 2.14. The van der Waals surface area contributed by atoms with Gasteiger partial charge in [-0.3, -0.25) is 10.1 Å². The minimum atomic E-state index is -0.318. The van der Waals surface area contributed by atoms with Crippen molar-refractivity contribution in [1.29, 1.82) is 0 Å². The van der Waals surface area contributed by atoms with E-state index >= 15 is 0 Å². The molecule has 0 unspecified atom stereocenters. The second-order valence-electron chi connectivity index (χ2n) is 5.19. The van der Waals surface area contributed by atoms with Crippen molar-refractivity contribution in [3.05, 3.63) is 57.4 Å². The van der Waals surface area contributed by atoms with Crippen LogP contribution in [0.3, 0.4) is 0 Å². The summed E-state index contributed by atoms with van der Waals surface area (Å²) in [5, 5.41) is 5.76. The number of carbonyl (C=O) groups excluding carboxylic acids is 1. The van der Waals surface area contributed by atoms with E-state index in [4.69, 9.17) is 32.7 Å². The molecule has 1 heterocycles. The van der Waals surface area contributed by atoms with Gasteiger partial charge < -0.3 is 9.47 Å². The average Bonchev–Trinajstić information content (AvgIpc) is 3.11. The highest BCUT2D eigenvalue weighted by molar-refractivity contribution is 7.14. The highest BCUT2D eigenvalue weighted by Crippen LogP contribution is 2.35. The number of nitrogens with zero attached hydrogens (tertiary/aromatic N) is 1. The molecule has 1 N–H and O–H groups in total. The first kappa shape index (κ1) is 18.5. The Morgan fingerprint density at radius 1 is 1.08 bits per heavy atom. The van der Waals surface area contributed by atoms with Crippen LogP contribution in [0.5, 0.6) is 11.5 Å². The lowest BCUT2D eigenvalue weighted by molar-refractivity contribution is 0.102. The van der Waals surface area contributed by atoms with Gasteiger partial charge in [-0.25, -0.2) is 4.98 Å². The van der Waals surface area contributed by atoms with Crippen molar-refractivity contribution < 1.29 is 14.3 Å². The molecular weight excluding hydrogens is 395 g/mol. The lowest BCUT2D eigenvalue weighted by Gasteiger charge is -2.08. The molecule has 1 aromatic heterocycles. The van der Waals surface area contributed by atoms with Gasteiger partial charge in [-0.1, -0.05) is 23.2 Å². The summed E-state index contributed by atoms with van der Waals surface area (Å²) in [6, 6.07) is 10.1. The third kappa shape index (κ3) is 3.93. The van der Waals surface area contributed by atoms with Gasteiger partial charge in [0.2, 0.25) is 0 Å². The Balaban J connectivity index is 1.84. The maximum atomic E-state index is 12.4. The molecule has 0 aliphatic carbocycles. The van der Waals surface area contributed by atoms with E-state index in [9.17, 15) is 4.79 Å². The second kappa shape index (κ2) is 7.95.